The summed E-state index contributed by atoms with van der Waals surface area (Å²) in [6.45, 7) is 1.91. The van der Waals surface area contributed by atoms with Crippen LogP contribution in [-0.2, 0) is 16.1 Å². The lowest BCUT2D eigenvalue weighted by Gasteiger charge is -2.27. The van der Waals surface area contributed by atoms with E-state index in [0.29, 0.717) is 18.6 Å². The summed E-state index contributed by atoms with van der Waals surface area (Å²) in [7, 11) is 0. The predicted octanol–water partition coefficient (Wildman–Crippen LogP) is 0.168. The number of carbonyl (C=O) groups is 3. The van der Waals surface area contributed by atoms with Gasteiger partial charge in [0.15, 0.2) is 0 Å². The summed E-state index contributed by atoms with van der Waals surface area (Å²) in [5.74, 6) is 4.52. The molecule has 3 N–H and O–H groups in total. The zero-order chi connectivity index (χ0) is 14.0. The number of nitrogens with two attached hydrogens (primary N) is 1. The van der Waals surface area contributed by atoms with E-state index < -0.39 is 5.91 Å². The van der Waals surface area contributed by atoms with Crippen molar-refractivity contribution in [3.05, 3.63) is 23.7 Å². The Bertz CT molecular complexity index is 505. The molecule has 1 aromatic heterocycles. The van der Waals surface area contributed by atoms with Gasteiger partial charge in [-0.1, -0.05) is 6.92 Å². The number of likely N-dealkylation sites (tertiary alicyclic amines) is 1. The lowest BCUT2D eigenvalue weighted by atomic mass is 9.98. The molecule has 0 bridgehead atoms. The summed E-state index contributed by atoms with van der Waals surface area (Å²) in [5, 5.41) is 0. The molecule has 2 rings (SSSR count). The topological polar surface area (TPSA) is 106 Å². The molecule has 0 unspecified atom stereocenters. The van der Waals surface area contributed by atoms with Crippen molar-refractivity contribution in [2.24, 2.45) is 11.8 Å². The first kappa shape index (κ1) is 13.3. The third-order valence-corrected chi connectivity index (χ3v) is 3.01. The molecule has 1 aliphatic rings. The van der Waals surface area contributed by atoms with Crippen LogP contribution in [0.3, 0.4) is 0 Å². The number of nitrogen functional groups attached to an aromatic ring is 1. The van der Waals surface area contributed by atoms with Crippen molar-refractivity contribution in [2.75, 3.05) is 0 Å². The van der Waals surface area contributed by atoms with E-state index in [9.17, 15) is 14.4 Å². The highest BCUT2D eigenvalue weighted by Crippen LogP contribution is 2.21. The fraction of sp³-hybridized carbons (Fsp3) is 0.417. The van der Waals surface area contributed by atoms with Crippen LogP contribution < -0.4 is 11.3 Å². The second-order valence-corrected chi connectivity index (χ2v) is 4.66. The molecule has 7 nitrogen and oxygen atoms in total. The van der Waals surface area contributed by atoms with Gasteiger partial charge in [0.1, 0.15) is 12.0 Å². The van der Waals surface area contributed by atoms with E-state index in [4.69, 9.17) is 10.3 Å². The first-order valence-corrected chi connectivity index (χ1v) is 5.92. The number of nitrogens with one attached hydrogen (secondary N) is 1. The minimum Gasteiger partial charge on any atom is -0.467 e. The SMILES string of the molecule is CC1CC(=O)N(Cc2cc(C(=O)NN)co2)C(=O)C1. The molecular formula is C12H15N3O4. The Hall–Kier alpha value is -2.15. The highest BCUT2D eigenvalue weighted by Gasteiger charge is 2.30. The normalized spacial score (nSPS) is 16.8. The Labute approximate surface area is 109 Å². The highest BCUT2D eigenvalue weighted by atomic mass is 16.3. The number of rotatable bonds is 3. The number of hydrogen-bond donors (Lipinski definition) is 2. The van der Waals surface area contributed by atoms with Crippen molar-refractivity contribution in [1.82, 2.24) is 10.3 Å². The molecule has 19 heavy (non-hydrogen) atoms. The van der Waals surface area contributed by atoms with Crippen LogP contribution in [0.5, 0.6) is 0 Å². The molecule has 7 heteroatoms. The Morgan fingerprint density at radius 2 is 2.11 bits per heavy atom. The lowest BCUT2D eigenvalue weighted by molar-refractivity contribution is -0.150. The maximum atomic E-state index is 11.8. The van der Waals surface area contributed by atoms with E-state index in [0.717, 1.165) is 4.90 Å². The summed E-state index contributed by atoms with van der Waals surface area (Å²) in [5.41, 5.74) is 2.23. The molecule has 102 valence electrons. The van der Waals surface area contributed by atoms with Crippen LogP contribution in [0, 0.1) is 5.92 Å². The second kappa shape index (κ2) is 5.23. The predicted molar refractivity (Wildman–Crippen MR) is 64.3 cm³/mol. The van der Waals surface area contributed by atoms with Gasteiger partial charge in [0.05, 0.1) is 12.1 Å². The van der Waals surface area contributed by atoms with Crippen LogP contribution >= 0.6 is 0 Å². The summed E-state index contributed by atoms with van der Waals surface area (Å²) in [6.07, 6.45) is 1.93. The van der Waals surface area contributed by atoms with Crippen molar-refractivity contribution < 1.29 is 18.8 Å². The van der Waals surface area contributed by atoms with E-state index in [1.54, 1.807) is 0 Å². The van der Waals surface area contributed by atoms with Gasteiger partial charge in [-0.25, -0.2) is 5.84 Å². The van der Waals surface area contributed by atoms with Gasteiger partial charge in [-0.3, -0.25) is 24.7 Å². The van der Waals surface area contributed by atoms with Gasteiger partial charge in [0.25, 0.3) is 5.91 Å². The average molecular weight is 265 g/mol. The number of hydrogen-bond acceptors (Lipinski definition) is 5. The van der Waals surface area contributed by atoms with Crippen LogP contribution in [0.15, 0.2) is 16.7 Å². The molecule has 1 fully saturated rings. The van der Waals surface area contributed by atoms with Crippen molar-refractivity contribution in [3.8, 4) is 0 Å². The molecule has 2 heterocycles. The van der Waals surface area contributed by atoms with E-state index in [2.05, 4.69) is 0 Å². The molecule has 1 aliphatic heterocycles. The molecule has 1 saturated heterocycles. The Balaban J connectivity index is 2.08. The van der Waals surface area contributed by atoms with Gasteiger partial charge in [0, 0.05) is 12.8 Å². The van der Waals surface area contributed by atoms with E-state index in [-0.39, 0.29) is 29.8 Å². The fourth-order valence-corrected chi connectivity index (χ4v) is 2.03. The maximum absolute atomic E-state index is 11.8. The number of piperidine rings is 1. The zero-order valence-electron chi connectivity index (χ0n) is 10.5. The number of imide groups is 1. The van der Waals surface area contributed by atoms with Gasteiger partial charge < -0.3 is 4.42 Å². The van der Waals surface area contributed by atoms with Crippen LogP contribution in [0.1, 0.15) is 35.9 Å². The molecule has 1 aromatic rings. The van der Waals surface area contributed by atoms with Crippen molar-refractivity contribution in [1.29, 1.82) is 0 Å². The molecule has 0 saturated carbocycles. The monoisotopic (exact) mass is 265 g/mol. The molecule has 0 aromatic carbocycles. The van der Waals surface area contributed by atoms with Crippen LogP contribution in [0.4, 0.5) is 0 Å². The summed E-state index contributed by atoms with van der Waals surface area (Å²) < 4.78 is 5.15. The van der Waals surface area contributed by atoms with Gasteiger partial charge in [-0.15, -0.1) is 0 Å². The number of furan rings is 1. The summed E-state index contributed by atoms with van der Waals surface area (Å²) in [6, 6.07) is 1.46. The molecule has 0 aliphatic carbocycles. The van der Waals surface area contributed by atoms with Crippen LogP contribution in [0.2, 0.25) is 0 Å². The lowest BCUT2D eigenvalue weighted by Crippen LogP contribution is -2.42. The van der Waals surface area contributed by atoms with Crippen LogP contribution in [0.25, 0.3) is 0 Å². The van der Waals surface area contributed by atoms with E-state index >= 15 is 0 Å². The zero-order valence-corrected chi connectivity index (χ0v) is 10.5. The van der Waals surface area contributed by atoms with Gasteiger partial charge >= 0.3 is 0 Å². The van der Waals surface area contributed by atoms with E-state index in [1.807, 2.05) is 12.3 Å². The summed E-state index contributed by atoms with van der Waals surface area (Å²) in [4.78, 5) is 36.0. The first-order chi connectivity index (χ1) is 9.01. The Kier molecular flexibility index (Phi) is 3.66. The largest absolute Gasteiger partial charge is 0.467 e. The van der Waals surface area contributed by atoms with Gasteiger partial charge in [-0.2, -0.15) is 0 Å². The maximum Gasteiger partial charge on any atom is 0.268 e. The molecular weight excluding hydrogens is 250 g/mol. The summed E-state index contributed by atoms with van der Waals surface area (Å²) >= 11 is 0. The highest BCUT2D eigenvalue weighted by molar-refractivity contribution is 5.98. The number of carbonyl (C=O) groups excluding carboxylic acids is 3. The number of amides is 3. The van der Waals surface area contributed by atoms with Gasteiger partial charge in [0.2, 0.25) is 11.8 Å². The minimum atomic E-state index is -0.486. The van der Waals surface area contributed by atoms with Crippen molar-refractivity contribution >= 4 is 17.7 Å². The van der Waals surface area contributed by atoms with Crippen LogP contribution in [-0.4, -0.2) is 22.6 Å². The Morgan fingerprint density at radius 3 is 2.68 bits per heavy atom. The first-order valence-electron chi connectivity index (χ1n) is 5.92. The third kappa shape index (κ3) is 2.82. The fourth-order valence-electron chi connectivity index (χ4n) is 2.03. The Morgan fingerprint density at radius 1 is 1.47 bits per heavy atom. The third-order valence-electron chi connectivity index (χ3n) is 3.01. The standard InChI is InChI=1S/C12H15N3O4/c1-7-2-10(16)15(11(17)3-7)5-9-4-8(6-19-9)12(18)14-13/h4,6-7H,2-3,5,13H2,1H3,(H,14,18). The van der Waals surface area contributed by atoms with Gasteiger partial charge in [-0.05, 0) is 12.0 Å². The molecule has 3 amide bonds. The van der Waals surface area contributed by atoms with Crippen molar-refractivity contribution in [3.63, 3.8) is 0 Å². The number of nitrogens with zero attached hydrogens (tertiary/aromatic N) is 1. The second-order valence-electron chi connectivity index (χ2n) is 4.66. The molecule has 0 spiro atoms. The molecule has 0 atom stereocenters. The average Bonchev–Trinajstić information content (AvgIpc) is 2.81. The smallest absolute Gasteiger partial charge is 0.268 e. The molecule has 0 radical (unpaired) electrons. The quantitative estimate of drug-likeness (QED) is 0.351. The minimum absolute atomic E-state index is 0.0439. The van der Waals surface area contributed by atoms with Crippen molar-refractivity contribution in [2.45, 2.75) is 26.3 Å². The van der Waals surface area contributed by atoms with E-state index in [1.165, 1.54) is 12.3 Å². The number of hydrazine groups is 1.